The van der Waals surface area contributed by atoms with Gasteiger partial charge >= 0.3 is 5.97 Å². The first-order valence-corrected chi connectivity index (χ1v) is 6.43. The first kappa shape index (κ1) is 11.8. The Labute approximate surface area is 110 Å². The Kier molecular flexibility index (Phi) is 2.99. The van der Waals surface area contributed by atoms with Crippen molar-refractivity contribution in [1.82, 2.24) is 0 Å². The van der Waals surface area contributed by atoms with Gasteiger partial charge < -0.3 is 5.11 Å². The van der Waals surface area contributed by atoms with Gasteiger partial charge in [-0.2, -0.15) is 10.2 Å². The highest BCUT2D eigenvalue weighted by Gasteiger charge is 2.11. The number of hydrogen-bond acceptors (Lipinski definition) is 3. The van der Waals surface area contributed by atoms with Crippen LogP contribution in [0.4, 0.5) is 5.69 Å². The fraction of sp³-hybridized carbons (Fsp3) is 0.267. The molecule has 0 aromatic heterocycles. The van der Waals surface area contributed by atoms with Crippen molar-refractivity contribution in [2.45, 2.75) is 25.7 Å². The maximum atomic E-state index is 10.5. The number of benzene rings is 1. The summed E-state index contributed by atoms with van der Waals surface area (Å²) in [6.07, 6.45) is 8.70. The van der Waals surface area contributed by atoms with E-state index < -0.39 is 5.97 Å². The lowest BCUT2D eigenvalue weighted by Gasteiger charge is -1.98. The highest BCUT2D eigenvalue weighted by Crippen LogP contribution is 2.21. The molecule has 0 fully saturated rings. The van der Waals surface area contributed by atoms with Crippen LogP contribution in [0.3, 0.4) is 0 Å². The first-order valence-electron chi connectivity index (χ1n) is 6.43. The summed E-state index contributed by atoms with van der Waals surface area (Å²) in [6.45, 7) is 0. The van der Waals surface area contributed by atoms with Crippen molar-refractivity contribution in [1.29, 1.82) is 0 Å². The zero-order valence-electron chi connectivity index (χ0n) is 10.5. The van der Waals surface area contributed by atoms with E-state index in [1.165, 1.54) is 10.8 Å². The second-order valence-electron chi connectivity index (χ2n) is 4.77. The third kappa shape index (κ3) is 2.34. The molecule has 1 heterocycles. The van der Waals surface area contributed by atoms with Crippen molar-refractivity contribution < 1.29 is 9.90 Å². The maximum Gasteiger partial charge on any atom is 0.303 e. The van der Waals surface area contributed by atoms with E-state index in [4.69, 9.17) is 5.11 Å². The Hall–Kier alpha value is -2.23. The summed E-state index contributed by atoms with van der Waals surface area (Å²) in [5.74, 6) is -0.739. The average Bonchev–Trinajstić information content (AvgIpc) is 2.98. The van der Waals surface area contributed by atoms with Crippen molar-refractivity contribution in [3.05, 3.63) is 34.2 Å². The minimum Gasteiger partial charge on any atom is -0.481 e. The smallest absolute Gasteiger partial charge is 0.303 e. The van der Waals surface area contributed by atoms with Crippen LogP contribution >= 0.6 is 0 Å². The Morgan fingerprint density at radius 1 is 1.21 bits per heavy atom. The molecule has 96 valence electrons. The Morgan fingerprint density at radius 2 is 2.11 bits per heavy atom. The maximum absolute atomic E-state index is 10.5. The predicted octanol–water partition coefficient (Wildman–Crippen LogP) is 2.34. The molecule has 0 bridgehead atoms. The Morgan fingerprint density at radius 3 is 2.95 bits per heavy atom. The normalized spacial score (nSPS) is 14.4. The van der Waals surface area contributed by atoms with E-state index in [-0.39, 0.29) is 6.42 Å². The molecule has 0 atom stereocenters. The van der Waals surface area contributed by atoms with Gasteiger partial charge in [-0.05, 0) is 42.2 Å². The second kappa shape index (κ2) is 4.80. The largest absolute Gasteiger partial charge is 0.481 e. The lowest BCUT2D eigenvalue weighted by Crippen LogP contribution is -2.11. The third-order valence-corrected chi connectivity index (χ3v) is 3.40. The molecule has 3 rings (SSSR count). The number of azo groups is 1. The van der Waals surface area contributed by atoms with Crippen molar-refractivity contribution in [3.8, 4) is 0 Å². The van der Waals surface area contributed by atoms with Gasteiger partial charge in [0.05, 0.1) is 11.4 Å². The molecular formula is C15H14N2O2. The summed E-state index contributed by atoms with van der Waals surface area (Å²) >= 11 is 0. The summed E-state index contributed by atoms with van der Waals surface area (Å²) in [5, 5.41) is 19.3. The number of unbranched alkanes of at least 4 members (excludes halogenated alkanes) is 1. The van der Waals surface area contributed by atoms with E-state index in [0.29, 0.717) is 6.42 Å². The summed E-state index contributed by atoms with van der Waals surface area (Å²) in [5.41, 5.74) is 3.10. The molecule has 0 radical (unpaired) electrons. The zero-order chi connectivity index (χ0) is 13.2. The van der Waals surface area contributed by atoms with Crippen molar-refractivity contribution in [3.63, 3.8) is 0 Å². The highest BCUT2D eigenvalue weighted by atomic mass is 16.4. The second-order valence-corrected chi connectivity index (χ2v) is 4.77. The van der Waals surface area contributed by atoms with Crippen molar-refractivity contribution in [2.24, 2.45) is 10.2 Å². The molecule has 0 saturated heterocycles. The van der Waals surface area contributed by atoms with E-state index in [2.05, 4.69) is 34.5 Å². The molecular weight excluding hydrogens is 240 g/mol. The minimum atomic E-state index is -0.739. The van der Waals surface area contributed by atoms with Gasteiger partial charge in [0.25, 0.3) is 0 Å². The fourth-order valence-electron chi connectivity index (χ4n) is 2.40. The van der Waals surface area contributed by atoms with Gasteiger partial charge in [0.15, 0.2) is 0 Å². The molecule has 2 aliphatic rings. The number of fused-ring (bicyclic) bond motifs is 2. The molecule has 4 heteroatoms. The molecule has 19 heavy (non-hydrogen) atoms. The van der Waals surface area contributed by atoms with Gasteiger partial charge in [-0.15, -0.1) is 0 Å². The minimum absolute atomic E-state index is 0.221. The van der Waals surface area contributed by atoms with Gasteiger partial charge in [0.1, 0.15) is 0 Å². The van der Waals surface area contributed by atoms with Gasteiger partial charge in [0.2, 0.25) is 0 Å². The van der Waals surface area contributed by atoms with Crippen LogP contribution in [0, 0.1) is 0 Å². The number of aliphatic carboxylic acids is 1. The molecule has 0 unspecified atom stereocenters. The van der Waals surface area contributed by atoms with Gasteiger partial charge in [-0.25, -0.2) is 0 Å². The molecule has 0 saturated carbocycles. The van der Waals surface area contributed by atoms with Crippen LogP contribution in [0.2, 0.25) is 0 Å². The van der Waals surface area contributed by atoms with Crippen LogP contribution in [0.15, 0.2) is 28.4 Å². The molecule has 0 spiro atoms. The van der Waals surface area contributed by atoms with E-state index in [1.54, 1.807) is 0 Å². The molecule has 0 amide bonds. The monoisotopic (exact) mass is 254 g/mol. The number of nitrogens with zero attached hydrogens (tertiary/aromatic N) is 2. The summed E-state index contributed by atoms with van der Waals surface area (Å²) in [7, 11) is 0. The van der Waals surface area contributed by atoms with Crippen LogP contribution in [-0.4, -0.2) is 11.1 Å². The first-order chi connectivity index (χ1) is 9.24. The lowest BCUT2D eigenvalue weighted by molar-refractivity contribution is -0.137. The van der Waals surface area contributed by atoms with Gasteiger partial charge in [0, 0.05) is 11.6 Å². The van der Waals surface area contributed by atoms with Crippen LogP contribution < -0.4 is 10.4 Å². The fourth-order valence-corrected chi connectivity index (χ4v) is 2.40. The molecule has 1 aliphatic carbocycles. The Balaban J connectivity index is 1.80. The quantitative estimate of drug-likeness (QED) is 0.820. The van der Waals surface area contributed by atoms with Crippen LogP contribution in [-0.2, 0) is 4.79 Å². The zero-order valence-corrected chi connectivity index (χ0v) is 10.5. The molecule has 1 N–H and O–H groups in total. The molecule has 1 aromatic carbocycles. The molecule has 1 aromatic rings. The number of allylic oxidation sites excluding steroid dienone is 1. The van der Waals surface area contributed by atoms with E-state index >= 15 is 0 Å². The predicted molar refractivity (Wildman–Crippen MR) is 73.2 cm³/mol. The number of carboxylic acids is 1. The average molecular weight is 254 g/mol. The number of rotatable bonds is 5. The third-order valence-electron chi connectivity index (χ3n) is 3.40. The van der Waals surface area contributed by atoms with Crippen LogP contribution in [0.5, 0.6) is 0 Å². The standard InChI is InChI=1S/C15H14N2O2/c18-15(19)7-2-1-6-13-12-8-10-4-3-5-11(10)9-14(12)17-16-13/h3-5,8-9H,1-2,6-7H2,(H,18,19). The lowest BCUT2D eigenvalue weighted by atomic mass is 10.1. The number of hydrogen-bond donors (Lipinski definition) is 1. The summed E-state index contributed by atoms with van der Waals surface area (Å²) < 4.78 is 0. The molecule has 4 nitrogen and oxygen atoms in total. The van der Waals surface area contributed by atoms with E-state index in [1.807, 2.05) is 6.08 Å². The van der Waals surface area contributed by atoms with Crippen LogP contribution in [0.1, 0.15) is 31.2 Å². The van der Waals surface area contributed by atoms with Gasteiger partial charge in [-0.1, -0.05) is 18.2 Å². The van der Waals surface area contributed by atoms with Crippen LogP contribution in [0.25, 0.3) is 17.8 Å². The summed E-state index contributed by atoms with van der Waals surface area (Å²) in [4.78, 5) is 10.5. The summed E-state index contributed by atoms with van der Waals surface area (Å²) in [6, 6.07) is 4.18. The van der Waals surface area contributed by atoms with Gasteiger partial charge in [-0.3, -0.25) is 4.79 Å². The van der Waals surface area contributed by atoms with Crippen molar-refractivity contribution in [2.75, 3.05) is 0 Å². The molecule has 1 aliphatic heterocycles. The topological polar surface area (TPSA) is 62.0 Å². The number of carboxylic acid groups (broad SMARTS) is 1. The SMILES string of the molecule is O=C(O)CCCCC1=c2cc3c(cc2N=N1)=CC=C3. The number of carbonyl (C=O) groups is 1. The van der Waals surface area contributed by atoms with Crippen molar-refractivity contribution >= 4 is 29.5 Å². The van der Waals surface area contributed by atoms with E-state index in [9.17, 15) is 4.79 Å². The van der Waals surface area contributed by atoms with E-state index in [0.717, 1.165) is 29.4 Å². The Bertz CT molecular complexity index is 714. The highest BCUT2D eigenvalue weighted by molar-refractivity contribution is 5.71.